The molecule has 0 aliphatic carbocycles. The fraction of sp³-hybridized carbons (Fsp3) is 0.0769. The molecule has 1 heterocycles. The molecule has 1 aromatic heterocycles. The zero-order valence-electron chi connectivity index (χ0n) is 9.74. The van der Waals surface area contributed by atoms with Gasteiger partial charge in [-0.1, -0.05) is 17.7 Å². The number of nitrogens with one attached hydrogen (secondary N) is 1. The minimum atomic E-state index is 0.409. The van der Waals surface area contributed by atoms with Crippen LogP contribution in [0.4, 0.5) is 17.2 Å². The van der Waals surface area contributed by atoms with Gasteiger partial charge in [0.1, 0.15) is 6.07 Å². The molecule has 0 amide bonds. The summed E-state index contributed by atoms with van der Waals surface area (Å²) in [6.07, 6.45) is 1.46. The van der Waals surface area contributed by atoms with Gasteiger partial charge in [0.2, 0.25) is 0 Å². The lowest BCUT2D eigenvalue weighted by Gasteiger charge is -2.10. The first-order valence-electron chi connectivity index (χ1n) is 5.29. The molecule has 0 bridgehead atoms. The maximum absolute atomic E-state index is 8.74. The summed E-state index contributed by atoms with van der Waals surface area (Å²) in [6.45, 7) is 1.97. The van der Waals surface area contributed by atoms with Crippen LogP contribution in [0, 0.1) is 18.3 Å². The van der Waals surface area contributed by atoms with Crippen molar-refractivity contribution < 1.29 is 0 Å². The van der Waals surface area contributed by atoms with Gasteiger partial charge in [0.25, 0.3) is 0 Å². The van der Waals surface area contributed by atoms with Crippen LogP contribution >= 0.6 is 11.6 Å². The standard InChI is InChI=1S/C13H11ClN4/c1-8-2-3-10(14)12(4-8)18-13-11(16)5-9(6-15)7-17-13/h2-5,7H,16H2,1H3,(H,17,18). The summed E-state index contributed by atoms with van der Waals surface area (Å²) < 4.78 is 0. The Morgan fingerprint density at radius 2 is 2.17 bits per heavy atom. The van der Waals surface area contributed by atoms with E-state index in [9.17, 15) is 0 Å². The minimum absolute atomic E-state index is 0.409. The Morgan fingerprint density at radius 3 is 2.83 bits per heavy atom. The number of anilines is 3. The van der Waals surface area contributed by atoms with E-state index in [2.05, 4.69) is 10.3 Å². The molecular formula is C13H11ClN4. The van der Waals surface area contributed by atoms with Crippen LogP contribution in [0.5, 0.6) is 0 Å². The molecular weight excluding hydrogens is 248 g/mol. The van der Waals surface area contributed by atoms with E-state index in [1.807, 2.05) is 25.1 Å². The fourth-order valence-electron chi connectivity index (χ4n) is 1.51. The van der Waals surface area contributed by atoms with E-state index >= 15 is 0 Å². The minimum Gasteiger partial charge on any atom is -0.396 e. The Bertz CT molecular complexity index is 631. The largest absolute Gasteiger partial charge is 0.396 e. The molecule has 0 saturated heterocycles. The number of nitrogens with two attached hydrogens (primary N) is 1. The molecule has 0 radical (unpaired) electrons. The number of hydrogen-bond acceptors (Lipinski definition) is 4. The SMILES string of the molecule is Cc1ccc(Cl)c(Nc2ncc(C#N)cc2N)c1. The Labute approximate surface area is 110 Å². The van der Waals surface area contributed by atoms with Crippen LogP contribution in [0.2, 0.25) is 5.02 Å². The van der Waals surface area contributed by atoms with Crippen molar-refractivity contribution >= 4 is 28.8 Å². The number of aromatic nitrogens is 1. The van der Waals surface area contributed by atoms with Gasteiger partial charge in [0.05, 0.1) is 22.0 Å². The zero-order valence-corrected chi connectivity index (χ0v) is 10.5. The van der Waals surface area contributed by atoms with Crippen molar-refractivity contribution in [2.45, 2.75) is 6.92 Å². The fourth-order valence-corrected chi connectivity index (χ4v) is 1.67. The quantitative estimate of drug-likeness (QED) is 0.867. The second kappa shape index (κ2) is 4.94. The number of rotatable bonds is 2. The van der Waals surface area contributed by atoms with Gasteiger partial charge in [0, 0.05) is 6.20 Å². The average molecular weight is 259 g/mol. The van der Waals surface area contributed by atoms with Gasteiger partial charge >= 0.3 is 0 Å². The van der Waals surface area contributed by atoms with E-state index in [4.69, 9.17) is 22.6 Å². The summed E-state index contributed by atoms with van der Waals surface area (Å²) in [5.41, 5.74) is 8.46. The van der Waals surface area contributed by atoms with E-state index in [0.717, 1.165) is 11.3 Å². The third-order valence-corrected chi connectivity index (χ3v) is 2.75. The third kappa shape index (κ3) is 2.53. The molecule has 2 aromatic rings. The van der Waals surface area contributed by atoms with Gasteiger partial charge in [-0.15, -0.1) is 0 Å². The molecule has 0 aliphatic rings. The van der Waals surface area contributed by atoms with Crippen molar-refractivity contribution in [2.24, 2.45) is 0 Å². The van der Waals surface area contributed by atoms with Gasteiger partial charge in [-0.25, -0.2) is 4.98 Å². The third-order valence-electron chi connectivity index (χ3n) is 2.42. The van der Waals surface area contributed by atoms with Crippen molar-refractivity contribution in [1.29, 1.82) is 5.26 Å². The van der Waals surface area contributed by atoms with Crippen molar-refractivity contribution in [3.8, 4) is 6.07 Å². The Hall–Kier alpha value is -2.25. The van der Waals surface area contributed by atoms with Crippen LogP contribution in [0.15, 0.2) is 30.5 Å². The Morgan fingerprint density at radius 1 is 1.39 bits per heavy atom. The predicted molar refractivity (Wildman–Crippen MR) is 72.8 cm³/mol. The van der Waals surface area contributed by atoms with E-state index in [-0.39, 0.29) is 0 Å². The second-order valence-electron chi connectivity index (χ2n) is 3.88. The van der Waals surface area contributed by atoms with Gasteiger partial charge in [-0.2, -0.15) is 5.26 Å². The van der Waals surface area contributed by atoms with Crippen molar-refractivity contribution in [2.75, 3.05) is 11.1 Å². The van der Waals surface area contributed by atoms with Crippen molar-refractivity contribution in [1.82, 2.24) is 4.98 Å². The van der Waals surface area contributed by atoms with Crippen LogP contribution < -0.4 is 11.1 Å². The highest BCUT2D eigenvalue weighted by atomic mass is 35.5. The molecule has 1 aromatic carbocycles. The Balaban J connectivity index is 2.34. The number of hydrogen-bond donors (Lipinski definition) is 2. The lowest BCUT2D eigenvalue weighted by Crippen LogP contribution is -2.00. The van der Waals surface area contributed by atoms with Crippen LogP contribution in [-0.2, 0) is 0 Å². The van der Waals surface area contributed by atoms with Crippen LogP contribution in [0.25, 0.3) is 0 Å². The summed E-state index contributed by atoms with van der Waals surface area (Å²) in [6, 6.07) is 9.18. The van der Waals surface area contributed by atoms with Gasteiger partial charge in [-0.3, -0.25) is 0 Å². The molecule has 90 valence electrons. The Kier molecular flexibility index (Phi) is 3.35. The molecule has 2 rings (SSSR count). The van der Waals surface area contributed by atoms with E-state index in [1.165, 1.54) is 6.20 Å². The average Bonchev–Trinajstić information content (AvgIpc) is 2.36. The number of nitriles is 1. The van der Waals surface area contributed by atoms with Crippen LogP contribution in [-0.4, -0.2) is 4.98 Å². The van der Waals surface area contributed by atoms with Crippen molar-refractivity contribution in [3.63, 3.8) is 0 Å². The molecule has 0 atom stereocenters. The van der Waals surface area contributed by atoms with E-state index in [1.54, 1.807) is 12.1 Å². The summed E-state index contributed by atoms with van der Waals surface area (Å²) in [4.78, 5) is 4.10. The molecule has 4 nitrogen and oxygen atoms in total. The van der Waals surface area contributed by atoms with Gasteiger partial charge in [-0.05, 0) is 30.7 Å². The summed E-state index contributed by atoms with van der Waals surface area (Å²) >= 11 is 6.07. The molecule has 18 heavy (non-hydrogen) atoms. The highest BCUT2D eigenvalue weighted by Crippen LogP contribution is 2.28. The first-order chi connectivity index (χ1) is 8.60. The number of nitrogens with zero attached hydrogens (tertiary/aromatic N) is 2. The monoisotopic (exact) mass is 258 g/mol. The molecule has 5 heteroatoms. The number of aryl methyl sites for hydroxylation is 1. The number of halogens is 1. The molecule has 3 N–H and O–H groups in total. The lowest BCUT2D eigenvalue weighted by atomic mass is 10.2. The highest BCUT2D eigenvalue weighted by molar-refractivity contribution is 6.33. The predicted octanol–water partition coefficient (Wildman–Crippen LogP) is 3.24. The maximum Gasteiger partial charge on any atom is 0.153 e. The normalized spacial score (nSPS) is 9.83. The number of nitrogen functional groups attached to an aromatic ring is 1. The van der Waals surface area contributed by atoms with Gasteiger partial charge < -0.3 is 11.1 Å². The molecule has 0 aliphatic heterocycles. The smallest absolute Gasteiger partial charge is 0.153 e. The summed E-state index contributed by atoms with van der Waals surface area (Å²) in [5, 5.41) is 12.4. The van der Waals surface area contributed by atoms with E-state index in [0.29, 0.717) is 22.1 Å². The van der Waals surface area contributed by atoms with E-state index < -0.39 is 0 Å². The lowest BCUT2D eigenvalue weighted by molar-refractivity contribution is 1.29. The topological polar surface area (TPSA) is 74.7 Å². The number of pyridine rings is 1. The summed E-state index contributed by atoms with van der Waals surface area (Å²) in [7, 11) is 0. The number of benzene rings is 1. The first-order valence-corrected chi connectivity index (χ1v) is 5.67. The molecule has 0 fully saturated rings. The first kappa shape index (κ1) is 12.2. The van der Waals surface area contributed by atoms with Crippen molar-refractivity contribution in [3.05, 3.63) is 46.6 Å². The van der Waals surface area contributed by atoms with Crippen LogP contribution in [0.1, 0.15) is 11.1 Å². The van der Waals surface area contributed by atoms with Gasteiger partial charge in [0.15, 0.2) is 5.82 Å². The van der Waals surface area contributed by atoms with Crippen LogP contribution in [0.3, 0.4) is 0 Å². The molecule has 0 unspecified atom stereocenters. The zero-order chi connectivity index (χ0) is 13.1. The molecule has 0 spiro atoms. The maximum atomic E-state index is 8.74. The second-order valence-corrected chi connectivity index (χ2v) is 4.29. The summed E-state index contributed by atoms with van der Waals surface area (Å²) in [5.74, 6) is 0.488. The molecule has 0 saturated carbocycles. The highest BCUT2D eigenvalue weighted by Gasteiger charge is 2.06.